The highest BCUT2D eigenvalue weighted by Gasteiger charge is 2.43. The third kappa shape index (κ3) is 3.39. The fourth-order valence-corrected chi connectivity index (χ4v) is 4.00. The summed E-state index contributed by atoms with van der Waals surface area (Å²) in [6.45, 7) is 2.35. The molecule has 0 spiro atoms. The molecule has 0 aromatic heterocycles. The number of benzene rings is 1. The quantitative estimate of drug-likeness (QED) is 0.856. The molecule has 1 aromatic carbocycles. The Morgan fingerprint density at radius 1 is 1.19 bits per heavy atom. The van der Waals surface area contributed by atoms with Crippen LogP contribution in [0.3, 0.4) is 0 Å². The first kappa shape index (κ1) is 17.1. The van der Waals surface area contributed by atoms with Crippen molar-refractivity contribution in [3.05, 3.63) is 33.8 Å². The molecule has 0 amide bonds. The van der Waals surface area contributed by atoms with Crippen molar-refractivity contribution in [2.75, 3.05) is 21.1 Å². The Bertz CT molecular complexity index is 480. The summed E-state index contributed by atoms with van der Waals surface area (Å²) >= 11 is 12.3. The highest BCUT2D eigenvalue weighted by molar-refractivity contribution is 6.42. The third-order valence-corrected chi connectivity index (χ3v) is 5.87. The number of nitrogens with one attached hydrogen (secondary N) is 1. The van der Waals surface area contributed by atoms with Gasteiger partial charge in [-0.15, -0.1) is 0 Å². The molecule has 4 heteroatoms. The lowest BCUT2D eigenvalue weighted by Gasteiger charge is -2.50. The van der Waals surface area contributed by atoms with Gasteiger partial charge in [0.25, 0.3) is 0 Å². The number of hydrogen-bond donors (Lipinski definition) is 1. The van der Waals surface area contributed by atoms with Gasteiger partial charge in [-0.05, 0) is 70.4 Å². The fourth-order valence-electron chi connectivity index (χ4n) is 3.69. The summed E-state index contributed by atoms with van der Waals surface area (Å²) in [5.74, 6) is 0.824. The standard InChI is InChI=1S/C17H26Cl2N2/c1-12-7-9-17(10-8-12,21(3)4)16(20-2)13-5-6-14(18)15(19)11-13/h5-6,11-12,16,20H,7-10H2,1-4H3. The molecule has 2 nitrogen and oxygen atoms in total. The predicted octanol–water partition coefficient (Wildman–Crippen LogP) is 4.76. The van der Waals surface area contributed by atoms with Crippen LogP contribution < -0.4 is 5.32 Å². The lowest BCUT2D eigenvalue weighted by molar-refractivity contribution is 0.0455. The molecule has 1 N–H and O–H groups in total. The lowest BCUT2D eigenvalue weighted by Crippen LogP contribution is -2.55. The monoisotopic (exact) mass is 328 g/mol. The topological polar surface area (TPSA) is 15.3 Å². The normalized spacial score (nSPS) is 27.9. The Morgan fingerprint density at radius 3 is 2.29 bits per heavy atom. The van der Waals surface area contributed by atoms with Crippen molar-refractivity contribution in [3.8, 4) is 0 Å². The predicted molar refractivity (Wildman–Crippen MR) is 92.3 cm³/mol. The van der Waals surface area contributed by atoms with Crippen LogP contribution in [0, 0.1) is 5.92 Å². The van der Waals surface area contributed by atoms with Gasteiger partial charge in [-0.25, -0.2) is 0 Å². The zero-order valence-corrected chi connectivity index (χ0v) is 14.9. The molecule has 0 radical (unpaired) electrons. The van der Waals surface area contributed by atoms with Crippen LogP contribution in [0.25, 0.3) is 0 Å². The minimum atomic E-state index is 0.137. The van der Waals surface area contributed by atoms with Gasteiger partial charge in [0.05, 0.1) is 16.1 Å². The molecule has 0 saturated heterocycles. The molecule has 0 aliphatic heterocycles. The average molecular weight is 329 g/mol. The minimum Gasteiger partial charge on any atom is -0.311 e. The largest absolute Gasteiger partial charge is 0.311 e. The van der Waals surface area contributed by atoms with Gasteiger partial charge in [0.2, 0.25) is 0 Å². The highest BCUT2D eigenvalue weighted by atomic mass is 35.5. The molecule has 1 aliphatic rings. The van der Waals surface area contributed by atoms with E-state index in [1.165, 1.54) is 31.2 Å². The summed E-state index contributed by atoms with van der Waals surface area (Å²) in [6, 6.07) is 6.26. The number of likely N-dealkylation sites (N-methyl/N-ethyl adjacent to an activating group) is 2. The van der Waals surface area contributed by atoms with Crippen molar-refractivity contribution in [1.29, 1.82) is 0 Å². The van der Waals surface area contributed by atoms with Gasteiger partial charge in [0.1, 0.15) is 0 Å². The molecule has 21 heavy (non-hydrogen) atoms. The van der Waals surface area contributed by atoms with Gasteiger partial charge in [0, 0.05) is 5.54 Å². The number of rotatable bonds is 4. The van der Waals surface area contributed by atoms with Crippen LogP contribution in [-0.2, 0) is 0 Å². The van der Waals surface area contributed by atoms with E-state index in [0.29, 0.717) is 10.0 Å². The first-order valence-electron chi connectivity index (χ1n) is 7.70. The van der Waals surface area contributed by atoms with Crippen LogP contribution in [0.15, 0.2) is 18.2 Å². The minimum absolute atomic E-state index is 0.137. The first-order valence-corrected chi connectivity index (χ1v) is 8.46. The van der Waals surface area contributed by atoms with Crippen molar-refractivity contribution in [2.45, 2.75) is 44.2 Å². The van der Waals surface area contributed by atoms with Crippen LogP contribution in [0.4, 0.5) is 0 Å². The number of halogens is 2. The van der Waals surface area contributed by atoms with E-state index in [4.69, 9.17) is 23.2 Å². The van der Waals surface area contributed by atoms with Crippen LogP contribution in [0.5, 0.6) is 0 Å². The van der Waals surface area contributed by atoms with Gasteiger partial charge >= 0.3 is 0 Å². The lowest BCUT2D eigenvalue weighted by atomic mass is 9.70. The Kier molecular flexibility index (Phi) is 5.59. The summed E-state index contributed by atoms with van der Waals surface area (Å²) in [7, 11) is 6.42. The fraction of sp³-hybridized carbons (Fsp3) is 0.647. The third-order valence-electron chi connectivity index (χ3n) is 5.13. The molecule has 0 bridgehead atoms. The van der Waals surface area contributed by atoms with Gasteiger partial charge in [0.15, 0.2) is 0 Å². The second-order valence-electron chi connectivity index (χ2n) is 6.58. The van der Waals surface area contributed by atoms with Crippen molar-refractivity contribution in [3.63, 3.8) is 0 Å². The summed E-state index contributed by atoms with van der Waals surface area (Å²) < 4.78 is 0. The van der Waals surface area contributed by atoms with Crippen molar-refractivity contribution in [1.82, 2.24) is 10.2 Å². The second kappa shape index (κ2) is 6.87. The first-order chi connectivity index (χ1) is 9.90. The molecule has 1 fully saturated rings. The maximum Gasteiger partial charge on any atom is 0.0595 e. The number of nitrogens with zero attached hydrogens (tertiary/aromatic N) is 1. The van der Waals surface area contributed by atoms with Gasteiger partial charge in [-0.1, -0.05) is 36.2 Å². The van der Waals surface area contributed by atoms with Crippen LogP contribution in [0.1, 0.15) is 44.2 Å². The Hall–Kier alpha value is -0.280. The van der Waals surface area contributed by atoms with Crippen LogP contribution in [0.2, 0.25) is 10.0 Å². The molecular weight excluding hydrogens is 303 g/mol. The molecule has 1 unspecified atom stereocenters. The van der Waals surface area contributed by atoms with E-state index in [0.717, 1.165) is 5.92 Å². The van der Waals surface area contributed by atoms with Crippen molar-refractivity contribution >= 4 is 23.2 Å². The van der Waals surface area contributed by atoms with E-state index < -0.39 is 0 Å². The molecular formula is C17H26Cl2N2. The van der Waals surface area contributed by atoms with E-state index >= 15 is 0 Å². The Morgan fingerprint density at radius 2 is 1.81 bits per heavy atom. The highest BCUT2D eigenvalue weighted by Crippen LogP contribution is 2.44. The zero-order valence-electron chi connectivity index (χ0n) is 13.4. The van der Waals surface area contributed by atoms with Gasteiger partial charge in [-0.3, -0.25) is 0 Å². The van der Waals surface area contributed by atoms with Crippen molar-refractivity contribution in [2.24, 2.45) is 5.92 Å². The van der Waals surface area contributed by atoms with Gasteiger partial charge in [-0.2, -0.15) is 0 Å². The molecule has 1 aliphatic carbocycles. The molecule has 2 rings (SSSR count). The molecule has 118 valence electrons. The van der Waals surface area contributed by atoms with E-state index in [2.05, 4.69) is 37.3 Å². The smallest absolute Gasteiger partial charge is 0.0595 e. The molecule has 0 heterocycles. The molecule has 1 atom stereocenters. The summed E-state index contributed by atoms with van der Waals surface area (Å²) in [5.41, 5.74) is 1.36. The second-order valence-corrected chi connectivity index (χ2v) is 7.39. The Balaban J connectivity index is 2.38. The molecule has 1 saturated carbocycles. The maximum absolute atomic E-state index is 6.23. The number of hydrogen-bond acceptors (Lipinski definition) is 2. The van der Waals surface area contributed by atoms with E-state index in [9.17, 15) is 0 Å². The summed E-state index contributed by atoms with van der Waals surface area (Å²) in [5, 5.41) is 4.78. The maximum atomic E-state index is 6.23. The van der Waals surface area contributed by atoms with Crippen LogP contribution >= 0.6 is 23.2 Å². The SMILES string of the molecule is CNC(c1ccc(Cl)c(Cl)c1)C1(N(C)C)CCC(C)CC1. The average Bonchev–Trinajstić information content (AvgIpc) is 2.45. The van der Waals surface area contributed by atoms with Crippen LogP contribution in [-0.4, -0.2) is 31.6 Å². The van der Waals surface area contributed by atoms with Crippen molar-refractivity contribution < 1.29 is 0 Å². The van der Waals surface area contributed by atoms with E-state index in [1.54, 1.807) is 0 Å². The van der Waals surface area contributed by atoms with Gasteiger partial charge < -0.3 is 10.2 Å². The van der Waals surface area contributed by atoms with E-state index in [-0.39, 0.29) is 11.6 Å². The Labute approximate surface area is 138 Å². The molecule has 1 aromatic rings. The summed E-state index contributed by atoms with van der Waals surface area (Å²) in [4.78, 5) is 2.39. The van der Waals surface area contributed by atoms with E-state index in [1.807, 2.05) is 19.2 Å². The summed E-state index contributed by atoms with van der Waals surface area (Å²) in [6.07, 6.45) is 4.95. The zero-order chi connectivity index (χ0) is 15.6.